The highest BCUT2D eigenvalue weighted by molar-refractivity contribution is 5.94. The molecule has 0 spiro atoms. The van der Waals surface area contributed by atoms with Gasteiger partial charge in [0, 0.05) is 31.3 Å². The minimum atomic E-state index is -4.41. The molecule has 0 aromatic heterocycles. The van der Waals surface area contributed by atoms with Gasteiger partial charge in [-0.05, 0) is 86.9 Å². The number of alkyl halides is 3. The van der Waals surface area contributed by atoms with Gasteiger partial charge in [0.2, 0.25) is 0 Å². The highest BCUT2D eigenvalue weighted by Gasteiger charge is 2.31. The lowest BCUT2D eigenvalue weighted by molar-refractivity contribution is -0.137. The normalized spacial score (nSPS) is 19.8. The molecule has 1 fully saturated rings. The predicted octanol–water partition coefficient (Wildman–Crippen LogP) is 5.54. The highest BCUT2D eigenvalue weighted by Crippen LogP contribution is 2.36. The van der Waals surface area contributed by atoms with Crippen molar-refractivity contribution in [2.75, 3.05) is 20.7 Å². The van der Waals surface area contributed by atoms with Gasteiger partial charge in [0.05, 0.1) is 5.56 Å². The minimum absolute atomic E-state index is 0.0856. The van der Waals surface area contributed by atoms with E-state index in [0.29, 0.717) is 5.92 Å². The van der Waals surface area contributed by atoms with E-state index in [9.17, 15) is 18.0 Å². The highest BCUT2D eigenvalue weighted by atomic mass is 19.4. The van der Waals surface area contributed by atoms with Crippen molar-refractivity contribution in [2.45, 2.75) is 62.7 Å². The Labute approximate surface area is 193 Å². The van der Waals surface area contributed by atoms with Gasteiger partial charge in [0.1, 0.15) is 0 Å². The molecule has 7 heteroatoms. The van der Waals surface area contributed by atoms with Crippen molar-refractivity contribution >= 4 is 5.91 Å². The van der Waals surface area contributed by atoms with Crippen LogP contribution in [0.1, 0.15) is 77.5 Å². The summed E-state index contributed by atoms with van der Waals surface area (Å²) < 4.78 is 38.3. The average Bonchev–Trinajstić information content (AvgIpc) is 2.83. The fourth-order valence-electron chi connectivity index (χ4n) is 4.74. The van der Waals surface area contributed by atoms with Crippen molar-refractivity contribution in [3.05, 3.63) is 70.8 Å². The third-order valence-corrected chi connectivity index (χ3v) is 6.83. The molecule has 1 saturated carbocycles. The summed E-state index contributed by atoms with van der Waals surface area (Å²) in [5.41, 5.74) is 2.04. The smallest absolute Gasteiger partial charge is 0.396 e. The third-order valence-electron chi connectivity index (χ3n) is 6.83. The molecule has 0 heterocycles. The van der Waals surface area contributed by atoms with Gasteiger partial charge in [-0.2, -0.15) is 13.2 Å². The quantitative estimate of drug-likeness (QED) is 0.542. The molecule has 180 valence electrons. The second-order valence-electron chi connectivity index (χ2n) is 8.87. The Hall–Kier alpha value is -2.38. The van der Waals surface area contributed by atoms with Crippen LogP contribution in [-0.2, 0) is 6.18 Å². The van der Waals surface area contributed by atoms with Crippen LogP contribution in [0, 0.1) is 0 Å². The molecule has 0 radical (unpaired) electrons. The van der Waals surface area contributed by atoms with Gasteiger partial charge >= 0.3 is 6.18 Å². The summed E-state index contributed by atoms with van der Waals surface area (Å²) in [6.07, 6.45) is 0.906. The number of aliphatic hydroxyl groups is 1. The zero-order valence-corrected chi connectivity index (χ0v) is 19.2. The van der Waals surface area contributed by atoms with Crippen molar-refractivity contribution in [1.29, 1.82) is 0 Å². The molecule has 2 aromatic carbocycles. The first-order valence-electron chi connectivity index (χ1n) is 11.6. The van der Waals surface area contributed by atoms with Gasteiger partial charge in [-0.3, -0.25) is 4.79 Å². The SMILES string of the molecule is CNC(CCCO)c1ccc(C2CCC(N(C)C(=O)c3ccc(C(F)(F)F)cc3)CC2)cc1. The Kier molecular flexibility index (Phi) is 8.54. The Bertz CT molecular complexity index is 889. The molecule has 33 heavy (non-hydrogen) atoms. The van der Waals surface area contributed by atoms with Crippen LogP contribution >= 0.6 is 0 Å². The van der Waals surface area contributed by atoms with E-state index in [1.165, 1.54) is 23.3 Å². The standard InChI is InChI=1S/C26H33F3N2O2/c1-30-24(4-3-17-32)20-7-5-18(6-8-20)19-11-15-23(16-12-19)31(2)25(33)21-9-13-22(14-10-21)26(27,28)29/h5-10,13-14,19,23-24,30,32H,3-4,11-12,15-17H2,1-2H3. The van der Waals surface area contributed by atoms with E-state index in [2.05, 4.69) is 29.6 Å². The fourth-order valence-corrected chi connectivity index (χ4v) is 4.74. The third kappa shape index (κ3) is 6.36. The number of nitrogens with one attached hydrogen (secondary N) is 1. The molecule has 2 aromatic rings. The van der Waals surface area contributed by atoms with Gasteiger partial charge < -0.3 is 15.3 Å². The Morgan fingerprint density at radius 3 is 2.18 bits per heavy atom. The van der Waals surface area contributed by atoms with E-state index >= 15 is 0 Å². The monoisotopic (exact) mass is 462 g/mol. The Balaban J connectivity index is 1.56. The Morgan fingerprint density at radius 1 is 1.06 bits per heavy atom. The summed E-state index contributed by atoms with van der Waals surface area (Å²) in [7, 11) is 3.67. The van der Waals surface area contributed by atoms with Crippen LogP contribution in [0.3, 0.4) is 0 Å². The maximum absolute atomic E-state index is 12.8. The van der Waals surface area contributed by atoms with Crippen LogP contribution in [0.4, 0.5) is 13.2 Å². The van der Waals surface area contributed by atoms with Crippen LogP contribution in [0.15, 0.2) is 48.5 Å². The van der Waals surface area contributed by atoms with Crippen LogP contribution < -0.4 is 5.32 Å². The maximum atomic E-state index is 12.8. The number of aliphatic hydroxyl groups excluding tert-OH is 1. The van der Waals surface area contributed by atoms with E-state index in [1.807, 2.05) is 7.05 Å². The number of benzene rings is 2. The lowest BCUT2D eigenvalue weighted by Crippen LogP contribution is -2.39. The lowest BCUT2D eigenvalue weighted by Gasteiger charge is -2.35. The van der Waals surface area contributed by atoms with Gasteiger partial charge in [-0.25, -0.2) is 0 Å². The van der Waals surface area contributed by atoms with E-state index in [1.54, 1.807) is 11.9 Å². The van der Waals surface area contributed by atoms with Gasteiger partial charge in [0.15, 0.2) is 0 Å². The second kappa shape index (κ2) is 11.2. The molecule has 2 N–H and O–H groups in total. The molecule has 1 unspecified atom stereocenters. The molecule has 1 aliphatic rings. The summed E-state index contributed by atoms with van der Waals surface area (Å²) in [5.74, 6) is 0.202. The number of carbonyl (C=O) groups excluding carboxylic acids is 1. The second-order valence-corrected chi connectivity index (χ2v) is 8.87. The first kappa shape index (κ1) is 25.2. The summed E-state index contributed by atoms with van der Waals surface area (Å²) in [4.78, 5) is 14.5. The minimum Gasteiger partial charge on any atom is -0.396 e. The van der Waals surface area contributed by atoms with Crippen LogP contribution in [0.2, 0.25) is 0 Å². The first-order chi connectivity index (χ1) is 15.7. The number of hydrogen-bond acceptors (Lipinski definition) is 3. The molecule has 4 nitrogen and oxygen atoms in total. The molecular weight excluding hydrogens is 429 g/mol. The van der Waals surface area contributed by atoms with Gasteiger partial charge in [-0.1, -0.05) is 24.3 Å². The predicted molar refractivity (Wildman–Crippen MR) is 123 cm³/mol. The van der Waals surface area contributed by atoms with Crippen molar-refractivity contribution in [2.24, 2.45) is 0 Å². The van der Waals surface area contributed by atoms with Gasteiger partial charge in [0.25, 0.3) is 5.91 Å². The average molecular weight is 463 g/mol. The van der Waals surface area contributed by atoms with E-state index in [0.717, 1.165) is 50.7 Å². The largest absolute Gasteiger partial charge is 0.416 e. The van der Waals surface area contributed by atoms with Crippen molar-refractivity contribution in [3.8, 4) is 0 Å². The Morgan fingerprint density at radius 2 is 1.67 bits per heavy atom. The van der Waals surface area contributed by atoms with Crippen LogP contribution in [0.5, 0.6) is 0 Å². The molecule has 1 amide bonds. The van der Waals surface area contributed by atoms with Crippen LogP contribution in [0.25, 0.3) is 0 Å². The molecule has 3 rings (SSSR count). The maximum Gasteiger partial charge on any atom is 0.416 e. The first-order valence-corrected chi connectivity index (χ1v) is 11.6. The number of halogens is 3. The number of hydrogen-bond donors (Lipinski definition) is 2. The van der Waals surface area contributed by atoms with E-state index in [-0.39, 0.29) is 30.2 Å². The zero-order valence-electron chi connectivity index (χ0n) is 19.2. The van der Waals surface area contributed by atoms with Crippen molar-refractivity contribution in [3.63, 3.8) is 0 Å². The summed E-state index contributed by atoms with van der Waals surface area (Å²) in [6.45, 7) is 0.190. The summed E-state index contributed by atoms with van der Waals surface area (Å²) >= 11 is 0. The zero-order chi connectivity index (χ0) is 24.0. The fraction of sp³-hybridized carbons (Fsp3) is 0.500. The number of nitrogens with zero attached hydrogens (tertiary/aromatic N) is 1. The number of carbonyl (C=O) groups is 1. The molecular formula is C26H33F3N2O2. The van der Waals surface area contributed by atoms with Crippen molar-refractivity contribution < 1.29 is 23.1 Å². The number of amides is 1. The number of rotatable bonds is 8. The van der Waals surface area contributed by atoms with E-state index in [4.69, 9.17) is 5.11 Å². The van der Waals surface area contributed by atoms with Gasteiger partial charge in [-0.15, -0.1) is 0 Å². The molecule has 0 bridgehead atoms. The molecule has 0 saturated heterocycles. The van der Waals surface area contributed by atoms with E-state index < -0.39 is 11.7 Å². The topological polar surface area (TPSA) is 52.6 Å². The lowest BCUT2D eigenvalue weighted by atomic mass is 9.81. The summed E-state index contributed by atoms with van der Waals surface area (Å²) in [5, 5.41) is 12.4. The molecule has 1 atom stereocenters. The summed E-state index contributed by atoms with van der Waals surface area (Å²) in [6, 6.07) is 13.4. The molecule has 1 aliphatic carbocycles. The van der Waals surface area contributed by atoms with Crippen molar-refractivity contribution in [1.82, 2.24) is 10.2 Å². The van der Waals surface area contributed by atoms with Crippen LogP contribution in [-0.4, -0.2) is 42.7 Å². The molecule has 0 aliphatic heterocycles.